The lowest BCUT2D eigenvalue weighted by Gasteiger charge is -2.43. The maximum absolute atomic E-state index is 13.4. The van der Waals surface area contributed by atoms with Gasteiger partial charge in [-0.3, -0.25) is 9.59 Å². The number of aliphatic hydroxyl groups excluding tert-OH is 2. The highest BCUT2D eigenvalue weighted by Crippen LogP contribution is 2.40. The molecule has 6 aliphatic rings. The number of halogens is 8. The number of anilines is 2. The van der Waals surface area contributed by atoms with E-state index in [9.17, 15) is 65.1 Å². The third kappa shape index (κ3) is 16.0. The number of β-amino-alcohol motifs (C(OH)–C–C–N with tert-alkyl or cyclic N) is 2. The smallest absolute Gasteiger partial charge is 0.389 e. The lowest BCUT2D eigenvalue weighted by molar-refractivity contribution is -0.143. The van der Waals surface area contributed by atoms with Crippen LogP contribution in [0.25, 0.3) is 34.0 Å². The fraction of sp³-hybridized carbons (Fsp3) is 0.500. The lowest BCUT2D eigenvalue weighted by atomic mass is 9.84. The number of carbonyl (C=O) groups excluding carboxylic acids is 2. The lowest BCUT2D eigenvalue weighted by Crippen LogP contribution is -2.56. The second kappa shape index (κ2) is 28.4. The molecule has 0 saturated carbocycles. The minimum Gasteiger partial charge on any atom is -0.389 e. The number of hydrogen-bond donors (Lipinski definition) is 6. The van der Waals surface area contributed by atoms with Crippen LogP contribution in [0.3, 0.4) is 0 Å². The number of aromatic nitrogens is 2. The number of aromatic amines is 2. The van der Waals surface area contributed by atoms with Crippen LogP contribution in [0.4, 0.5) is 46.5 Å². The van der Waals surface area contributed by atoms with Crippen molar-refractivity contribution >= 4 is 57.1 Å². The molecule has 4 aromatic carbocycles. The number of amides is 2. The van der Waals surface area contributed by atoms with Gasteiger partial charge in [-0.1, -0.05) is 0 Å². The van der Waals surface area contributed by atoms with Crippen molar-refractivity contribution in [1.82, 2.24) is 29.6 Å². The second-order valence-electron chi connectivity index (χ2n) is 25.4. The Bertz CT molecular complexity index is 3510. The number of benzene rings is 4. The van der Waals surface area contributed by atoms with E-state index in [4.69, 9.17) is 9.47 Å². The van der Waals surface area contributed by atoms with Crippen LogP contribution >= 0.6 is 0 Å². The average Bonchev–Trinajstić information content (AvgIpc) is 1.56. The van der Waals surface area contributed by atoms with Gasteiger partial charge in [0.05, 0.1) is 61.0 Å². The first-order valence-corrected chi connectivity index (χ1v) is 31.8. The number of nitrogens with one attached hydrogen (secondary N) is 2. The minimum atomic E-state index is -4.99. The number of piperidine rings is 4. The number of alkyl halides is 6. The molecule has 8 heterocycles. The molecule has 12 rings (SSSR count). The summed E-state index contributed by atoms with van der Waals surface area (Å²) in [6.45, 7) is 11.0. The molecular formula is C68H80F8N8O8. The van der Waals surface area contributed by atoms with E-state index in [0.717, 1.165) is 146 Å². The van der Waals surface area contributed by atoms with Crippen LogP contribution in [0.1, 0.15) is 96.6 Å². The average molecular weight is 1290 g/mol. The summed E-state index contributed by atoms with van der Waals surface area (Å²) in [5.41, 5.74) is 1.50. The van der Waals surface area contributed by atoms with Crippen molar-refractivity contribution in [1.29, 1.82) is 0 Å². The summed E-state index contributed by atoms with van der Waals surface area (Å²) >= 11 is 0. The van der Waals surface area contributed by atoms with Crippen LogP contribution in [0.5, 0.6) is 0 Å². The molecule has 2 amide bonds. The van der Waals surface area contributed by atoms with E-state index < -0.39 is 70.0 Å². The maximum atomic E-state index is 13.4. The van der Waals surface area contributed by atoms with Crippen molar-refractivity contribution in [3.63, 3.8) is 0 Å². The summed E-state index contributed by atoms with van der Waals surface area (Å²) in [4.78, 5) is 44.3. The molecule has 2 atom stereocenters. The van der Waals surface area contributed by atoms with Crippen molar-refractivity contribution in [2.24, 2.45) is 0 Å². The normalized spacial score (nSPS) is 20.9. The molecule has 6 fully saturated rings. The summed E-state index contributed by atoms with van der Waals surface area (Å²) in [6, 6.07) is 17.4. The molecule has 24 heteroatoms. The first-order valence-electron chi connectivity index (χ1n) is 31.8. The van der Waals surface area contributed by atoms with Crippen molar-refractivity contribution in [2.75, 3.05) is 128 Å². The van der Waals surface area contributed by atoms with E-state index >= 15 is 0 Å². The molecule has 16 nitrogen and oxygen atoms in total. The summed E-state index contributed by atoms with van der Waals surface area (Å²) < 4.78 is 117. The molecule has 0 bridgehead atoms. The van der Waals surface area contributed by atoms with E-state index in [0.29, 0.717) is 43.6 Å². The Balaban J connectivity index is 0.000000190. The second-order valence-corrected chi connectivity index (χ2v) is 25.4. The Morgan fingerprint density at radius 3 is 1.26 bits per heavy atom. The molecule has 6 saturated heterocycles. The first-order chi connectivity index (χ1) is 44.0. The van der Waals surface area contributed by atoms with Crippen molar-refractivity contribution in [2.45, 2.75) is 99.0 Å². The van der Waals surface area contributed by atoms with Gasteiger partial charge < -0.3 is 69.3 Å². The maximum Gasteiger partial charge on any atom is 0.416 e. The van der Waals surface area contributed by atoms with E-state index in [1.54, 1.807) is 4.90 Å². The SMILES string of the molecule is O=C(/C=C/c1cc(C(F)(F)F)cc(C(F)(F)F)c1)N1CCC(O)(C(O)CN2CCC(c3c[nH]c4ccc(N5CCOCC5)cc34)CC2)CC1.O=C(/C=C/c1cc(F)cc(F)c1)N1CCC(O)(C(O)CN2CCC(c3c[nH]c4ccc(N5CCOCC5)cc34)CC2)CC1. The largest absolute Gasteiger partial charge is 0.416 e. The molecule has 496 valence electrons. The van der Waals surface area contributed by atoms with Crippen molar-refractivity contribution < 1.29 is 74.6 Å². The molecule has 0 spiro atoms. The number of morpholine rings is 2. The van der Waals surface area contributed by atoms with Gasteiger partial charge >= 0.3 is 12.4 Å². The van der Waals surface area contributed by atoms with Crippen LogP contribution in [0, 0.1) is 11.6 Å². The molecule has 6 N–H and O–H groups in total. The molecular weight excluding hydrogens is 1210 g/mol. The molecule has 6 aromatic rings. The van der Waals surface area contributed by atoms with Gasteiger partial charge in [-0.15, -0.1) is 0 Å². The standard InChI is InChI=1S/C35H40F6N4O4.C33H40F2N4O4/c36-34(37,38)25-17-23(18-26(19-25)35(39,40)41)1-4-32(47)45-11-7-33(48,8-12-45)31(46)22-43-9-5-24(6-10-43)29-21-42-30-3-2-27(20-28(29)30)44-13-15-49-16-14-44;34-25-17-23(18-26(35)19-25)1-4-32(41)39-11-7-33(42,8-12-39)31(40)22-37-9-5-24(6-10-37)29-21-36-30-3-2-27(20-28(29)30)38-13-15-43-16-14-38/h1-4,17-21,24,31,42,46,48H,5-16,22H2;1-4,17-21,24,31,36,40,42H,5-16,22H2/b2*4-1+. The predicted molar refractivity (Wildman–Crippen MR) is 334 cm³/mol. The predicted octanol–water partition coefficient (Wildman–Crippen LogP) is 9.54. The molecule has 0 radical (unpaired) electrons. The third-order valence-electron chi connectivity index (χ3n) is 19.5. The Morgan fingerprint density at radius 2 is 0.891 bits per heavy atom. The van der Waals surface area contributed by atoms with Crippen LogP contribution in [0.2, 0.25) is 0 Å². The topological polar surface area (TPSA) is 185 Å². The summed E-state index contributed by atoms with van der Waals surface area (Å²) in [5.74, 6) is -1.54. The molecule has 2 aromatic heterocycles. The quantitative estimate of drug-likeness (QED) is 0.0449. The number of rotatable bonds is 14. The summed E-state index contributed by atoms with van der Waals surface area (Å²) in [6.07, 6.45) is 1.21. The van der Waals surface area contributed by atoms with Gasteiger partial charge in [-0.05, 0) is 191 Å². The number of H-pyrrole nitrogens is 2. The molecule has 92 heavy (non-hydrogen) atoms. The van der Waals surface area contributed by atoms with Gasteiger partial charge in [0.25, 0.3) is 0 Å². The van der Waals surface area contributed by atoms with Crippen LogP contribution in [-0.4, -0.2) is 203 Å². The van der Waals surface area contributed by atoms with Crippen LogP contribution in [0.15, 0.2) is 97.3 Å². The zero-order chi connectivity index (χ0) is 65.0. The Morgan fingerprint density at radius 1 is 0.522 bits per heavy atom. The van der Waals surface area contributed by atoms with E-state index in [1.165, 1.54) is 50.3 Å². The Kier molecular flexibility index (Phi) is 20.5. The van der Waals surface area contributed by atoms with Crippen LogP contribution in [-0.2, 0) is 31.4 Å². The monoisotopic (exact) mass is 1290 g/mol. The number of nitrogens with zero attached hydrogens (tertiary/aromatic N) is 6. The summed E-state index contributed by atoms with van der Waals surface area (Å²) in [7, 11) is 0. The van der Waals surface area contributed by atoms with Gasteiger partial charge in [0, 0.05) is 129 Å². The van der Waals surface area contributed by atoms with Crippen LogP contribution < -0.4 is 9.80 Å². The molecule has 6 aliphatic heterocycles. The van der Waals surface area contributed by atoms with Gasteiger partial charge in [0.2, 0.25) is 11.8 Å². The molecule has 0 aliphatic carbocycles. The highest BCUT2D eigenvalue weighted by atomic mass is 19.4. The number of ether oxygens (including phenoxy) is 2. The zero-order valence-corrected chi connectivity index (χ0v) is 51.2. The summed E-state index contributed by atoms with van der Waals surface area (Å²) in [5, 5.41) is 47.2. The van der Waals surface area contributed by atoms with Crippen molar-refractivity contribution in [3.8, 4) is 0 Å². The number of hydrogen-bond acceptors (Lipinski definition) is 12. The third-order valence-corrected chi connectivity index (χ3v) is 19.5. The van der Waals surface area contributed by atoms with E-state index in [1.807, 2.05) is 0 Å². The number of fused-ring (bicyclic) bond motifs is 2. The first kappa shape index (κ1) is 66.6. The highest BCUT2D eigenvalue weighted by molar-refractivity contribution is 5.93. The van der Waals surface area contributed by atoms with Gasteiger partial charge in [0.15, 0.2) is 0 Å². The van der Waals surface area contributed by atoms with Gasteiger partial charge in [-0.2, -0.15) is 26.3 Å². The minimum absolute atomic E-state index is 0.0317. The van der Waals surface area contributed by atoms with Crippen molar-refractivity contribution in [3.05, 3.63) is 142 Å². The van der Waals surface area contributed by atoms with Gasteiger partial charge in [0.1, 0.15) is 11.6 Å². The highest BCUT2D eigenvalue weighted by Gasteiger charge is 2.43. The fourth-order valence-electron chi connectivity index (χ4n) is 13.8. The van der Waals surface area contributed by atoms with E-state index in [2.05, 4.69) is 78.4 Å². The Labute approximate surface area is 528 Å². The number of carbonyl (C=O) groups is 2. The van der Waals surface area contributed by atoms with E-state index in [-0.39, 0.29) is 62.9 Å². The molecule has 2 unspecified atom stereocenters. The fourth-order valence-corrected chi connectivity index (χ4v) is 13.8. The zero-order valence-electron chi connectivity index (χ0n) is 51.2. The number of likely N-dealkylation sites (tertiary alicyclic amines) is 4. The van der Waals surface area contributed by atoms with Gasteiger partial charge in [-0.25, -0.2) is 8.78 Å². The number of aliphatic hydroxyl groups is 4. The Hall–Kier alpha value is -6.90.